The molecule has 1 aliphatic heterocycles. The van der Waals surface area contributed by atoms with Gasteiger partial charge in [0.15, 0.2) is 0 Å². The number of hydrogen-bond donors (Lipinski definition) is 0. The summed E-state index contributed by atoms with van der Waals surface area (Å²) in [4.78, 5) is 0.696. The zero-order chi connectivity index (χ0) is 19.3. The lowest BCUT2D eigenvalue weighted by atomic mass is 10.0. The van der Waals surface area contributed by atoms with Crippen LogP contribution in [-0.4, -0.2) is 14.2 Å². The molecule has 3 rings (SSSR count). The lowest BCUT2D eigenvalue weighted by Gasteiger charge is -2.08. The Morgan fingerprint density at radius 1 is 1.19 bits per heavy atom. The van der Waals surface area contributed by atoms with Crippen molar-refractivity contribution in [1.82, 2.24) is 0 Å². The molecule has 0 amide bonds. The van der Waals surface area contributed by atoms with E-state index < -0.39 is 20.8 Å². The van der Waals surface area contributed by atoms with Crippen LogP contribution >= 0.6 is 0 Å². The summed E-state index contributed by atoms with van der Waals surface area (Å²) in [7, 11) is -4.68. The number of benzene rings is 2. The molecule has 5 nitrogen and oxygen atoms in total. The number of rotatable bonds is 5. The quantitative estimate of drug-likeness (QED) is 0.562. The van der Waals surface area contributed by atoms with Gasteiger partial charge in [-0.3, -0.25) is 0 Å². The number of allylic oxidation sites excluding steroid dienone is 2. The van der Waals surface area contributed by atoms with Crippen molar-refractivity contribution >= 4 is 26.4 Å². The summed E-state index contributed by atoms with van der Waals surface area (Å²) in [6.07, 6.45) is 3.70. The minimum absolute atomic E-state index is 0.246. The molecule has 0 radical (unpaired) electrons. The second-order valence-corrected chi connectivity index (χ2v) is 9.14. The molecule has 1 heterocycles. The topological polar surface area (TPSA) is 79.5 Å². The van der Waals surface area contributed by atoms with E-state index in [0.29, 0.717) is 21.8 Å². The Morgan fingerprint density at radius 3 is 2.59 bits per heavy atom. The fraction of sp³-hybridized carbons (Fsp3) is 0.150. The highest BCUT2D eigenvalue weighted by molar-refractivity contribution is 7.92. The van der Waals surface area contributed by atoms with Crippen LogP contribution in [0.2, 0.25) is 0 Å². The van der Waals surface area contributed by atoms with Crippen molar-refractivity contribution in [3.63, 3.8) is 0 Å². The molecule has 0 aromatic heterocycles. The van der Waals surface area contributed by atoms with Gasteiger partial charge in [-0.25, -0.2) is 0 Å². The van der Waals surface area contributed by atoms with E-state index in [9.17, 15) is 13.7 Å². The highest BCUT2D eigenvalue weighted by Gasteiger charge is 2.19. The van der Waals surface area contributed by atoms with E-state index in [4.69, 9.17) is 4.28 Å². The standard InChI is InChI=1S/C20H18N2O3S2/c1-16-8-5-6-11-18(16)19(14-21)20-12-7-13-26(20)22-25-27(23,24)15-17-9-3-2-4-10-17/h2-12H,13,15H2,1H3/b20-19-. The lowest BCUT2D eigenvalue weighted by molar-refractivity contribution is 0.346. The van der Waals surface area contributed by atoms with E-state index >= 15 is 0 Å². The molecule has 7 heteroatoms. The summed E-state index contributed by atoms with van der Waals surface area (Å²) in [6, 6.07) is 18.6. The summed E-state index contributed by atoms with van der Waals surface area (Å²) in [6.45, 7) is 1.93. The van der Waals surface area contributed by atoms with Crippen molar-refractivity contribution in [3.05, 3.63) is 88.3 Å². The Hall–Kier alpha value is -2.53. The maximum atomic E-state index is 12.2. The lowest BCUT2D eigenvalue weighted by Crippen LogP contribution is -2.07. The first kappa shape index (κ1) is 19.2. The third-order valence-electron chi connectivity index (χ3n) is 3.97. The van der Waals surface area contributed by atoms with Crippen molar-refractivity contribution in [1.29, 1.82) is 5.26 Å². The third kappa shape index (κ3) is 4.80. The van der Waals surface area contributed by atoms with Crippen LogP contribution in [0.4, 0.5) is 0 Å². The second-order valence-electron chi connectivity index (χ2n) is 5.94. The van der Waals surface area contributed by atoms with Gasteiger partial charge >= 0.3 is 0 Å². The molecule has 0 aliphatic carbocycles. The smallest absolute Gasteiger partial charge is 0.197 e. The molecule has 0 saturated heterocycles. The first-order valence-corrected chi connectivity index (χ1v) is 11.2. The van der Waals surface area contributed by atoms with Gasteiger partial charge in [-0.1, -0.05) is 65.2 Å². The largest absolute Gasteiger partial charge is 0.294 e. The second kappa shape index (κ2) is 8.44. The van der Waals surface area contributed by atoms with Crippen molar-refractivity contribution in [3.8, 4) is 6.07 Å². The van der Waals surface area contributed by atoms with Gasteiger partial charge in [0.1, 0.15) is 11.8 Å². The van der Waals surface area contributed by atoms with Gasteiger partial charge in [-0.05, 0) is 40.4 Å². The minimum Gasteiger partial charge on any atom is -0.197 e. The highest BCUT2D eigenvalue weighted by atomic mass is 32.2. The molecule has 0 fully saturated rings. The van der Waals surface area contributed by atoms with Gasteiger partial charge < -0.3 is 0 Å². The SMILES string of the molecule is Cc1ccccc1/C(C#N)=C1/C=CC/S1=N/OS(=O)(=O)Cc1ccccc1. The van der Waals surface area contributed by atoms with Gasteiger partial charge in [0, 0.05) is 10.7 Å². The summed E-state index contributed by atoms with van der Waals surface area (Å²) in [5.41, 5.74) is 2.93. The molecular formula is C20H18N2O3S2. The van der Waals surface area contributed by atoms with Crippen LogP contribution in [0.3, 0.4) is 0 Å². The van der Waals surface area contributed by atoms with Gasteiger partial charge in [-0.2, -0.15) is 13.7 Å². The minimum atomic E-state index is -3.84. The molecule has 0 N–H and O–H groups in total. The van der Waals surface area contributed by atoms with Crippen molar-refractivity contribution in [2.45, 2.75) is 12.7 Å². The Kier molecular flexibility index (Phi) is 6.01. The molecule has 138 valence electrons. The molecule has 2 aromatic rings. The van der Waals surface area contributed by atoms with E-state index in [1.54, 1.807) is 24.3 Å². The van der Waals surface area contributed by atoms with Crippen LogP contribution in [-0.2, 0) is 30.8 Å². The summed E-state index contributed by atoms with van der Waals surface area (Å²) in [5, 5.41) is 9.67. The number of aryl methyl sites for hydroxylation is 1. The maximum Gasteiger partial charge on any atom is 0.294 e. The third-order valence-corrected chi connectivity index (χ3v) is 6.66. The molecule has 2 aromatic carbocycles. The van der Waals surface area contributed by atoms with Crippen LogP contribution in [0.15, 0.2) is 76.2 Å². The van der Waals surface area contributed by atoms with Crippen molar-refractivity contribution in [2.75, 3.05) is 5.75 Å². The Labute approximate surface area is 161 Å². The number of nitrogens with zero attached hydrogens (tertiary/aromatic N) is 2. The predicted molar refractivity (Wildman–Crippen MR) is 108 cm³/mol. The van der Waals surface area contributed by atoms with Crippen LogP contribution in [0.25, 0.3) is 5.57 Å². The Balaban J connectivity index is 1.88. The summed E-state index contributed by atoms with van der Waals surface area (Å²) in [5.74, 6) is 0.275. The van der Waals surface area contributed by atoms with E-state index in [-0.39, 0.29) is 5.75 Å². The molecule has 27 heavy (non-hydrogen) atoms. The zero-order valence-electron chi connectivity index (χ0n) is 14.7. The summed E-state index contributed by atoms with van der Waals surface area (Å²) >= 11 is 0. The number of nitriles is 1. The average Bonchev–Trinajstić information content (AvgIpc) is 3.11. The molecule has 0 bridgehead atoms. The van der Waals surface area contributed by atoms with Crippen LogP contribution in [0.5, 0.6) is 0 Å². The van der Waals surface area contributed by atoms with Gasteiger partial charge in [0.25, 0.3) is 10.1 Å². The molecule has 1 aliphatic rings. The Bertz CT molecular complexity index is 1080. The monoisotopic (exact) mass is 398 g/mol. The van der Waals surface area contributed by atoms with Crippen molar-refractivity contribution in [2.24, 2.45) is 4.53 Å². The van der Waals surface area contributed by atoms with E-state index in [2.05, 4.69) is 10.6 Å². The van der Waals surface area contributed by atoms with E-state index in [0.717, 1.165) is 11.1 Å². The predicted octanol–water partition coefficient (Wildman–Crippen LogP) is 4.06. The van der Waals surface area contributed by atoms with E-state index in [1.807, 2.05) is 49.4 Å². The van der Waals surface area contributed by atoms with E-state index in [1.165, 1.54) is 0 Å². The fourth-order valence-electron chi connectivity index (χ4n) is 2.68. The molecule has 0 saturated carbocycles. The maximum absolute atomic E-state index is 12.2. The van der Waals surface area contributed by atoms with Gasteiger partial charge in [0.05, 0.1) is 5.57 Å². The van der Waals surface area contributed by atoms with Gasteiger partial charge in [-0.15, -0.1) is 4.28 Å². The number of hydrogen-bond acceptors (Lipinski definition) is 5. The zero-order valence-corrected chi connectivity index (χ0v) is 16.3. The fourth-order valence-corrected chi connectivity index (χ4v) is 5.24. The summed E-state index contributed by atoms with van der Waals surface area (Å²) < 4.78 is 33.3. The molecular weight excluding hydrogens is 380 g/mol. The molecule has 0 spiro atoms. The molecule has 1 atom stereocenters. The van der Waals surface area contributed by atoms with Crippen molar-refractivity contribution < 1.29 is 12.7 Å². The molecule has 1 unspecified atom stereocenters. The van der Waals surface area contributed by atoms with Crippen LogP contribution in [0, 0.1) is 18.3 Å². The normalized spacial score (nSPS) is 18.4. The first-order valence-electron chi connectivity index (χ1n) is 8.24. The highest BCUT2D eigenvalue weighted by Crippen LogP contribution is 2.28. The average molecular weight is 399 g/mol. The van der Waals surface area contributed by atoms with Crippen LogP contribution in [0.1, 0.15) is 16.7 Å². The first-order chi connectivity index (χ1) is 13.0. The van der Waals surface area contributed by atoms with Crippen LogP contribution < -0.4 is 0 Å². The Morgan fingerprint density at radius 2 is 1.89 bits per heavy atom. The van der Waals surface area contributed by atoms with Gasteiger partial charge in [0.2, 0.25) is 0 Å².